The molecule has 0 unspecified atom stereocenters. The third-order valence-corrected chi connectivity index (χ3v) is 7.55. The highest BCUT2D eigenvalue weighted by Gasteiger charge is 2.61. The summed E-state index contributed by atoms with van der Waals surface area (Å²) in [7, 11) is 4.18. The Morgan fingerprint density at radius 2 is 1.85 bits per heavy atom. The lowest BCUT2D eigenvalue weighted by Gasteiger charge is -2.39. The lowest BCUT2D eigenvalue weighted by Crippen LogP contribution is -2.47. The van der Waals surface area contributed by atoms with E-state index in [2.05, 4.69) is 41.8 Å². The van der Waals surface area contributed by atoms with Crippen LogP contribution in [0.2, 0.25) is 0 Å². The van der Waals surface area contributed by atoms with Crippen molar-refractivity contribution in [3.05, 3.63) is 0 Å². The molecule has 0 aromatic rings. The zero-order valence-corrected chi connectivity index (χ0v) is 18.1. The number of quaternary nitrogens is 1. The van der Waals surface area contributed by atoms with E-state index < -0.39 is 0 Å². The van der Waals surface area contributed by atoms with Crippen molar-refractivity contribution in [3.8, 4) is 0 Å². The van der Waals surface area contributed by atoms with Gasteiger partial charge in [-0.3, -0.25) is 0 Å². The first kappa shape index (κ1) is 21.7. The normalized spacial score (nSPS) is 29.9. The molecule has 0 amide bonds. The maximum atomic E-state index is 12.1. The highest BCUT2D eigenvalue weighted by Crippen LogP contribution is 2.66. The number of hydrogen-bond donors (Lipinski definition) is 0. The molecule has 26 heavy (non-hydrogen) atoms. The number of rotatable bonds is 11. The molecule has 0 saturated heterocycles. The lowest BCUT2D eigenvalue weighted by molar-refractivity contribution is -0.883. The number of carbonyl (C=O) groups excluding carboxylic acids is 1. The largest absolute Gasteiger partial charge is 0.462 e. The fourth-order valence-corrected chi connectivity index (χ4v) is 5.01. The minimum Gasteiger partial charge on any atom is -0.462 e. The minimum absolute atomic E-state index is 0.0838. The molecule has 2 aliphatic rings. The molecule has 4 heteroatoms. The van der Waals surface area contributed by atoms with Crippen molar-refractivity contribution < 1.29 is 18.8 Å². The number of unbranched alkanes of at least 4 members (excludes halogenated alkanes) is 3. The van der Waals surface area contributed by atoms with E-state index in [1.165, 1.54) is 32.1 Å². The zero-order valence-electron chi connectivity index (χ0n) is 18.1. The van der Waals surface area contributed by atoms with Gasteiger partial charge in [-0.25, -0.2) is 4.79 Å². The summed E-state index contributed by atoms with van der Waals surface area (Å²) >= 11 is 0. The zero-order chi connectivity index (χ0) is 19.4. The Morgan fingerprint density at radius 1 is 1.12 bits per heavy atom. The maximum Gasteiger partial charge on any atom is 0.361 e. The van der Waals surface area contributed by atoms with Crippen LogP contribution in [-0.4, -0.2) is 57.0 Å². The fraction of sp³-hybridized carbons (Fsp3) is 0.955. The van der Waals surface area contributed by atoms with Crippen molar-refractivity contribution in [2.75, 3.05) is 40.4 Å². The number of likely N-dealkylation sites (N-methyl/N-ethyl adjacent to an activating group) is 1. The molecule has 152 valence electrons. The van der Waals surface area contributed by atoms with Crippen LogP contribution in [0.4, 0.5) is 0 Å². The molecule has 2 saturated carbocycles. The molecule has 0 radical (unpaired) electrons. The molecule has 2 rings (SSSR count). The van der Waals surface area contributed by atoms with Crippen LogP contribution in [0.1, 0.15) is 72.6 Å². The highest BCUT2D eigenvalue weighted by molar-refractivity contribution is 5.70. The number of fused-ring (bicyclic) bond motifs is 2. The topological polar surface area (TPSA) is 35.5 Å². The Morgan fingerprint density at radius 3 is 2.42 bits per heavy atom. The number of ether oxygens (including phenoxy) is 2. The smallest absolute Gasteiger partial charge is 0.361 e. The number of hydrogen-bond acceptors (Lipinski definition) is 3. The SMILES string of the molecule is CCCCCCOC(=O)C[N+](C)(C)CCO[C@@H]1C[C@@H]2CC[C@@]1(C)C2(C)C. The van der Waals surface area contributed by atoms with E-state index in [0.717, 1.165) is 31.9 Å². The van der Waals surface area contributed by atoms with Gasteiger partial charge in [-0.05, 0) is 42.4 Å². The second kappa shape index (κ2) is 8.60. The second-order valence-electron chi connectivity index (χ2n) is 10.1. The van der Waals surface area contributed by atoms with Crippen molar-refractivity contribution in [3.63, 3.8) is 0 Å². The fourth-order valence-electron chi connectivity index (χ4n) is 5.01. The van der Waals surface area contributed by atoms with Gasteiger partial charge < -0.3 is 14.0 Å². The van der Waals surface area contributed by atoms with Crippen LogP contribution in [0.5, 0.6) is 0 Å². The average molecular weight is 369 g/mol. The van der Waals surface area contributed by atoms with E-state index in [4.69, 9.17) is 9.47 Å². The Labute approximate surface area is 161 Å². The van der Waals surface area contributed by atoms with Crippen molar-refractivity contribution in [1.82, 2.24) is 0 Å². The third kappa shape index (κ3) is 4.81. The second-order valence-corrected chi connectivity index (χ2v) is 10.1. The van der Waals surface area contributed by atoms with Gasteiger partial charge in [0, 0.05) is 0 Å². The Hall–Kier alpha value is -0.610. The summed E-state index contributed by atoms with van der Waals surface area (Å²) in [6.45, 7) is 12.0. The summed E-state index contributed by atoms with van der Waals surface area (Å²) in [5.41, 5.74) is 0.704. The number of carbonyl (C=O) groups is 1. The predicted molar refractivity (Wildman–Crippen MR) is 106 cm³/mol. The molecule has 4 nitrogen and oxygen atoms in total. The van der Waals surface area contributed by atoms with Gasteiger partial charge in [0.2, 0.25) is 0 Å². The van der Waals surface area contributed by atoms with E-state index in [0.29, 0.717) is 34.6 Å². The van der Waals surface area contributed by atoms with Gasteiger partial charge in [-0.15, -0.1) is 0 Å². The molecule has 0 N–H and O–H groups in total. The van der Waals surface area contributed by atoms with E-state index in [9.17, 15) is 4.79 Å². The van der Waals surface area contributed by atoms with Crippen LogP contribution in [0.25, 0.3) is 0 Å². The molecule has 0 spiro atoms. The average Bonchev–Trinajstić information content (AvgIpc) is 2.87. The molecule has 0 heterocycles. The molecule has 2 fully saturated rings. The highest BCUT2D eigenvalue weighted by atomic mass is 16.5. The van der Waals surface area contributed by atoms with Crippen LogP contribution < -0.4 is 0 Å². The standard InChI is InChI=1S/C22H42NO3/c1-7-8-9-10-14-26-20(24)17-23(5,6)13-15-25-19-16-18-11-12-22(19,4)21(18,2)3/h18-19H,7-17H2,1-6H3/q+1/t18-,19+,22+/m0/s1. The van der Waals surface area contributed by atoms with Gasteiger partial charge in [-0.2, -0.15) is 0 Å². The van der Waals surface area contributed by atoms with Gasteiger partial charge >= 0.3 is 5.97 Å². The third-order valence-electron chi connectivity index (χ3n) is 7.55. The van der Waals surface area contributed by atoms with E-state index >= 15 is 0 Å². The summed E-state index contributed by atoms with van der Waals surface area (Å²) < 4.78 is 12.4. The molecule has 0 aromatic heterocycles. The minimum atomic E-state index is -0.0838. The molecule has 2 aliphatic carbocycles. The van der Waals surface area contributed by atoms with Crippen molar-refractivity contribution >= 4 is 5.97 Å². The summed E-state index contributed by atoms with van der Waals surface area (Å²) in [5, 5.41) is 0. The maximum absolute atomic E-state index is 12.1. The predicted octanol–water partition coefficient (Wildman–Crippen LogP) is 4.42. The Bertz CT molecular complexity index is 474. The van der Waals surface area contributed by atoms with Gasteiger partial charge in [0.05, 0.1) is 33.4 Å². The van der Waals surface area contributed by atoms with Gasteiger partial charge in [0.1, 0.15) is 6.54 Å². The van der Waals surface area contributed by atoms with Crippen molar-refractivity contribution in [2.24, 2.45) is 16.7 Å². The van der Waals surface area contributed by atoms with Crippen molar-refractivity contribution in [2.45, 2.75) is 78.7 Å². The summed E-state index contributed by atoms with van der Waals surface area (Å²) in [6, 6.07) is 0. The molecule has 0 aromatic carbocycles. The van der Waals surface area contributed by atoms with Crippen LogP contribution in [-0.2, 0) is 14.3 Å². The lowest BCUT2D eigenvalue weighted by atomic mass is 9.70. The first-order chi connectivity index (χ1) is 12.1. The molecule has 0 aliphatic heterocycles. The van der Waals surface area contributed by atoms with Crippen LogP contribution in [0.15, 0.2) is 0 Å². The molecular weight excluding hydrogens is 326 g/mol. The quantitative estimate of drug-likeness (QED) is 0.308. The van der Waals surface area contributed by atoms with Crippen LogP contribution >= 0.6 is 0 Å². The van der Waals surface area contributed by atoms with E-state index in [-0.39, 0.29) is 5.97 Å². The van der Waals surface area contributed by atoms with Gasteiger partial charge in [-0.1, -0.05) is 47.0 Å². The van der Waals surface area contributed by atoms with Crippen molar-refractivity contribution in [1.29, 1.82) is 0 Å². The summed E-state index contributed by atoms with van der Waals surface area (Å²) in [5.74, 6) is 0.724. The molecule has 3 atom stereocenters. The van der Waals surface area contributed by atoms with Gasteiger partial charge in [0.15, 0.2) is 6.54 Å². The van der Waals surface area contributed by atoms with Gasteiger partial charge in [0.25, 0.3) is 0 Å². The first-order valence-corrected chi connectivity index (χ1v) is 10.7. The molecular formula is C22H42NO3+. The Kier molecular flexibility index (Phi) is 7.17. The van der Waals surface area contributed by atoms with Crippen LogP contribution in [0.3, 0.4) is 0 Å². The molecule has 2 bridgehead atoms. The van der Waals surface area contributed by atoms with Crippen LogP contribution in [0, 0.1) is 16.7 Å². The monoisotopic (exact) mass is 368 g/mol. The number of nitrogens with zero attached hydrogens (tertiary/aromatic N) is 1. The summed E-state index contributed by atoms with van der Waals surface area (Å²) in [4.78, 5) is 12.1. The Balaban J connectivity index is 1.68. The first-order valence-electron chi connectivity index (χ1n) is 10.7. The van der Waals surface area contributed by atoms with E-state index in [1.807, 2.05) is 0 Å². The number of esters is 1. The van der Waals surface area contributed by atoms with E-state index in [1.54, 1.807) is 0 Å². The summed E-state index contributed by atoms with van der Waals surface area (Å²) in [6.07, 6.45) is 8.77.